The minimum absolute atomic E-state index is 0.0208. The minimum Gasteiger partial charge on any atom is -0.508 e. The Morgan fingerprint density at radius 1 is 0.433 bits per heavy atom. The summed E-state index contributed by atoms with van der Waals surface area (Å²) < 4.78 is 0. The van der Waals surface area contributed by atoms with E-state index in [0.717, 1.165) is 41.7 Å². The molecule has 0 aliphatic carbocycles. The van der Waals surface area contributed by atoms with Gasteiger partial charge in [0.1, 0.15) is 65.9 Å². The first-order valence-corrected chi connectivity index (χ1v) is 29.9. The van der Waals surface area contributed by atoms with Crippen LogP contribution in [0, 0.1) is 17.8 Å². The number of carboxylic acids is 9. The Labute approximate surface area is 535 Å². The monoisotopic (exact) mass is 1320 g/mol. The van der Waals surface area contributed by atoms with Crippen LogP contribution in [0.5, 0.6) is 11.5 Å². The Kier molecular flexibility index (Phi) is 59.5. The summed E-state index contributed by atoms with van der Waals surface area (Å²) in [6.45, 7) is 11.8. The predicted octanol–water partition coefficient (Wildman–Crippen LogP) is 1.28. The van der Waals surface area contributed by atoms with Gasteiger partial charge in [0, 0.05) is 5.75 Å². The first kappa shape index (κ1) is 93.9. The normalized spacial score (nSPS) is 13.3. The number of hydrogen-bond acceptors (Lipinski definition) is 23. The van der Waals surface area contributed by atoms with Crippen LogP contribution in [0.1, 0.15) is 96.8 Å². The van der Waals surface area contributed by atoms with Crippen LogP contribution in [-0.2, 0) is 62.4 Å². The lowest BCUT2D eigenvalue weighted by Crippen LogP contribution is -2.36. The lowest BCUT2D eigenvalue weighted by atomic mass is 10.0. The number of phenolic OH excluding ortho intramolecular Hbond substituents is 2. The van der Waals surface area contributed by atoms with Crippen LogP contribution in [0.25, 0.3) is 0 Å². The van der Waals surface area contributed by atoms with Crippen molar-refractivity contribution in [3.8, 4) is 11.5 Å². The highest BCUT2D eigenvalue weighted by Crippen LogP contribution is 2.12. The number of benzene rings is 3. The number of aromatic hydroxyl groups is 2. The number of thiol groups is 1. The number of carbonyl (C=O) groups is 9. The molecule has 0 aliphatic heterocycles. The molecule has 31 N–H and O–H groups in total. The maximum atomic E-state index is 10.4. The molecule has 10 atom stereocenters. The summed E-state index contributed by atoms with van der Waals surface area (Å²) >= 11 is 5.25. The zero-order valence-corrected chi connectivity index (χ0v) is 53.9. The summed E-state index contributed by atoms with van der Waals surface area (Å²) in [4.78, 5) is 91.4. The lowest BCUT2D eigenvalue weighted by molar-refractivity contribution is -0.140. The molecule has 516 valence electrons. The Morgan fingerprint density at radius 2 is 0.756 bits per heavy atom. The molecule has 3 aromatic carbocycles. The molecule has 0 spiro atoms. The van der Waals surface area contributed by atoms with Crippen LogP contribution in [-0.4, -0.2) is 189 Å². The topological polar surface area (TPSA) is 636 Å². The zero-order chi connectivity index (χ0) is 71.4. The average molecular weight is 1320 g/mol. The molecule has 0 amide bonds. The van der Waals surface area contributed by atoms with Gasteiger partial charge in [-0.05, 0) is 122 Å². The van der Waals surface area contributed by atoms with E-state index in [0.29, 0.717) is 38.1 Å². The first-order valence-electron chi connectivity index (χ1n) is 27.9. The highest BCUT2D eigenvalue weighted by molar-refractivity contribution is 7.98. The number of hydrogen-bond donors (Lipinski definition) is 22. The van der Waals surface area contributed by atoms with Gasteiger partial charge >= 0.3 is 53.7 Å². The number of thioether (sulfide) groups is 1. The van der Waals surface area contributed by atoms with Crippen molar-refractivity contribution in [3.63, 3.8) is 0 Å². The smallest absolute Gasteiger partial charge is 0.321 e. The molecule has 3 rings (SSSR count). The van der Waals surface area contributed by atoms with Gasteiger partial charge in [-0.2, -0.15) is 24.4 Å². The third-order valence-corrected chi connectivity index (χ3v) is 12.4. The minimum atomic E-state index is -1.02. The molecule has 0 aromatic heterocycles. The second kappa shape index (κ2) is 57.0. The van der Waals surface area contributed by atoms with Gasteiger partial charge in [0.25, 0.3) is 0 Å². The summed E-state index contributed by atoms with van der Waals surface area (Å²) in [5.74, 6) is -6.83. The molecular weight excluding hydrogens is 1220 g/mol. The quantitative estimate of drug-likeness (QED) is 0.0360. The third-order valence-electron chi connectivity index (χ3n) is 11.4. The van der Waals surface area contributed by atoms with E-state index >= 15 is 0 Å². The Hall–Kier alpha value is -7.21. The van der Waals surface area contributed by atoms with Crippen molar-refractivity contribution in [2.24, 2.45) is 75.1 Å². The number of unbranched alkanes of at least 4 members (excludes halogenated alkanes) is 1. The number of carboxylic acid groups (broad SMARTS) is 9. The Morgan fingerprint density at radius 3 is 0.967 bits per heavy atom. The van der Waals surface area contributed by atoms with Crippen molar-refractivity contribution in [1.82, 2.24) is 0 Å². The van der Waals surface area contributed by atoms with Gasteiger partial charge in [-0.25, -0.2) is 0 Å². The third kappa shape index (κ3) is 58.5. The van der Waals surface area contributed by atoms with Crippen molar-refractivity contribution in [3.05, 3.63) is 95.6 Å². The first-order chi connectivity index (χ1) is 41.6. The highest BCUT2D eigenvalue weighted by atomic mass is 32.2. The molecule has 0 radical (unpaired) electrons. The molecule has 0 fully saturated rings. The largest absolute Gasteiger partial charge is 0.508 e. The van der Waals surface area contributed by atoms with Gasteiger partial charge < -0.3 is 114 Å². The number of rotatable bonds is 28. The van der Waals surface area contributed by atoms with E-state index in [1.54, 1.807) is 49.9 Å². The molecule has 32 heteroatoms. The van der Waals surface area contributed by atoms with Crippen molar-refractivity contribution < 1.29 is 99.3 Å². The van der Waals surface area contributed by atoms with Gasteiger partial charge in [0.15, 0.2) is 0 Å². The van der Waals surface area contributed by atoms with Gasteiger partial charge in [-0.15, -0.1) is 0 Å². The van der Waals surface area contributed by atoms with Crippen molar-refractivity contribution in [2.45, 2.75) is 154 Å². The van der Waals surface area contributed by atoms with E-state index in [9.17, 15) is 43.2 Å². The lowest BCUT2D eigenvalue weighted by Gasteiger charge is -2.11. The summed E-state index contributed by atoms with van der Waals surface area (Å²) in [5.41, 5.74) is 54.7. The summed E-state index contributed by atoms with van der Waals surface area (Å²) in [7, 11) is 0. The maximum Gasteiger partial charge on any atom is 0.321 e. The highest BCUT2D eigenvalue weighted by Gasteiger charge is 2.18. The standard InChI is InChI=1S/2C9H11NO3.C9H11NO2.C6H14N2O2.2C6H13NO2.C5H11NO2S.C5H11NO2.C3H7NO2S/c2*10-8(9(12)13)5-6-1-3-7(11)4-2-6;10-8(9(11)12)6-7-4-2-1-3-5-7;7-4-2-1-3-5(8)6(9)10;1-4(2)3-5(7)6(8)9;1-3-4(2)5(7)6(8)9;1-9-3-2-4(6)5(7)8;1-3(2)4(6)5(7)8;4-2(1-7)3(5)6/h2*1-4,8,11H,5,10H2,(H,12,13);1-5,8H,6,10H2,(H,11,12);5H,1-4,7-8H2,(H,9,10);2*4-5H,3,7H2,1-2H3,(H,8,9);4H,2-3,6H2,1H3,(H,7,8);3-4H,6H2,1-2H3,(H,7,8);2,7H,1,4H2,(H,5,6)/t3*8-;2*5-;4-,5-;2*4-;2-/m000000000/s1. The fourth-order valence-corrected chi connectivity index (χ4v) is 6.02. The van der Waals surface area contributed by atoms with E-state index in [-0.39, 0.29) is 41.9 Å². The van der Waals surface area contributed by atoms with E-state index < -0.39 is 108 Å². The maximum absolute atomic E-state index is 10.4. The van der Waals surface area contributed by atoms with Crippen molar-refractivity contribution in [2.75, 3.05) is 24.3 Å². The van der Waals surface area contributed by atoms with Gasteiger partial charge in [0.2, 0.25) is 0 Å². The molecule has 3 aromatic rings. The fraction of sp³-hybridized carbons (Fsp3) is 0.534. The summed E-state index contributed by atoms with van der Waals surface area (Å²) in [5, 5.41) is 93.0. The zero-order valence-electron chi connectivity index (χ0n) is 52.1. The van der Waals surface area contributed by atoms with E-state index in [1.807, 2.05) is 64.3 Å². The van der Waals surface area contributed by atoms with Gasteiger partial charge in [-0.1, -0.05) is 109 Å². The SMILES string of the molecule is CC(C)C[C@H](N)C(=O)O.CC(C)[C@H](N)C(=O)O.CC[C@H](C)[C@H](N)C(=O)O.CSCC[C@H](N)C(=O)O.NCCCC[C@H](N)C(=O)O.N[C@@H](CS)C(=O)O.N[C@@H](Cc1ccc(O)cc1)C(=O)O.N[C@@H](Cc1ccc(O)cc1)C(=O)O.N[C@@H](Cc1ccccc1)C(=O)O. The molecular formula is C58H102N10O20S2. The number of nitrogens with two attached hydrogens (primary N) is 10. The van der Waals surface area contributed by atoms with Crippen molar-refractivity contribution >= 4 is 78.1 Å². The molecule has 0 unspecified atom stereocenters. The summed E-state index contributed by atoms with van der Waals surface area (Å²) in [6.07, 6.45) is 6.94. The average Bonchev–Trinajstić information content (AvgIpc) is 3.58. The van der Waals surface area contributed by atoms with Crippen LogP contribution in [0.2, 0.25) is 0 Å². The van der Waals surface area contributed by atoms with Crippen molar-refractivity contribution in [1.29, 1.82) is 0 Å². The van der Waals surface area contributed by atoms with Gasteiger partial charge in [-0.3, -0.25) is 43.2 Å². The fourth-order valence-electron chi connectivity index (χ4n) is 5.37. The second-order valence-electron chi connectivity index (χ2n) is 20.3. The van der Waals surface area contributed by atoms with E-state index in [2.05, 4.69) is 12.6 Å². The van der Waals surface area contributed by atoms with Crippen LogP contribution in [0.15, 0.2) is 78.9 Å². The van der Waals surface area contributed by atoms with Crippen LogP contribution in [0.4, 0.5) is 0 Å². The second-order valence-corrected chi connectivity index (χ2v) is 21.6. The van der Waals surface area contributed by atoms with Crippen LogP contribution >= 0.6 is 24.4 Å². The molecule has 0 heterocycles. The molecule has 0 bridgehead atoms. The number of aliphatic carboxylic acids is 9. The van der Waals surface area contributed by atoms with Crippen LogP contribution < -0.4 is 57.3 Å². The molecule has 0 saturated carbocycles. The number of phenols is 2. The Bertz CT molecular complexity index is 2360. The molecule has 0 aliphatic rings. The van der Waals surface area contributed by atoms with E-state index in [4.69, 9.17) is 114 Å². The van der Waals surface area contributed by atoms with E-state index in [1.165, 1.54) is 24.3 Å². The van der Waals surface area contributed by atoms with Crippen LogP contribution in [0.3, 0.4) is 0 Å². The molecule has 90 heavy (non-hydrogen) atoms. The molecule has 0 saturated heterocycles. The molecule has 30 nitrogen and oxygen atoms in total. The summed E-state index contributed by atoms with van der Waals surface area (Å²) in [6, 6.07) is 15.1. The predicted molar refractivity (Wildman–Crippen MR) is 348 cm³/mol. The Balaban J connectivity index is -0.000000222. The van der Waals surface area contributed by atoms with Gasteiger partial charge in [0.05, 0.1) is 0 Å².